The molecule has 0 saturated heterocycles. The fourth-order valence-corrected chi connectivity index (χ4v) is 1.75. The average Bonchev–Trinajstić information content (AvgIpc) is 2.56. The van der Waals surface area contributed by atoms with Gasteiger partial charge in [-0.05, 0) is 43.3 Å². The standard InChI is InChI=1S/C16H12ClN3O3/c1-10(15(21)20-14-7-6-13(17)9-19-14)23-16(22)12-4-2-11(8-18)3-5-12/h2-7,9-10H,1H3,(H,19,20,21)/t10-/m0/s1. The van der Waals surface area contributed by atoms with Crippen molar-refractivity contribution in [2.24, 2.45) is 0 Å². The van der Waals surface area contributed by atoms with E-state index in [1.54, 1.807) is 6.07 Å². The predicted octanol–water partition coefficient (Wildman–Crippen LogP) is 2.79. The number of esters is 1. The molecule has 0 spiro atoms. The number of pyridine rings is 1. The van der Waals surface area contributed by atoms with Gasteiger partial charge >= 0.3 is 5.97 Å². The number of hydrogen-bond acceptors (Lipinski definition) is 5. The van der Waals surface area contributed by atoms with E-state index in [0.29, 0.717) is 16.4 Å². The third-order valence-electron chi connectivity index (χ3n) is 2.88. The van der Waals surface area contributed by atoms with Gasteiger partial charge in [0.05, 0.1) is 22.2 Å². The molecule has 6 nitrogen and oxygen atoms in total. The molecule has 1 amide bonds. The van der Waals surface area contributed by atoms with Gasteiger partial charge in [-0.2, -0.15) is 5.26 Å². The Hall–Kier alpha value is -2.91. The quantitative estimate of drug-likeness (QED) is 0.871. The van der Waals surface area contributed by atoms with Gasteiger partial charge in [-0.1, -0.05) is 11.6 Å². The molecule has 2 aromatic rings. The minimum absolute atomic E-state index is 0.258. The van der Waals surface area contributed by atoms with Crippen molar-refractivity contribution in [2.45, 2.75) is 13.0 Å². The Morgan fingerprint density at radius 2 is 1.96 bits per heavy atom. The van der Waals surface area contributed by atoms with E-state index in [2.05, 4.69) is 10.3 Å². The maximum atomic E-state index is 12.0. The van der Waals surface area contributed by atoms with E-state index in [0.717, 1.165) is 0 Å². The van der Waals surface area contributed by atoms with Crippen LogP contribution < -0.4 is 5.32 Å². The molecular formula is C16H12ClN3O3. The van der Waals surface area contributed by atoms with Gasteiger partial charge < -0.3 is 10.1 Å². The second kappa shape index (κ2) is 7.38. The number of benzene rings is 1. The average molecular weight is 330 g/mol. The van der Waals surface area contributed by atoms with E-state index < -0.39 is 18.0 Å². The number of halogens is 1. The third kappa shape index (κ3) is 4.53. The monoisotopic (exact) mass is 329 g/mol. The third-order valence-corrected chi connectivity index (χ3v) is 3.10. The summed E-state index contributed by atoms with van der Waals surface area (Å²) in [7, 11) is 0. The molecule has 0 unspecified atom stereocenters. The van der Waals surface area contributed by atoms with E-state index in [1.807, 2.05) is 6.07 Å². The van der Waals surface area contributed by atoms with Gasteiger partial charge in [-0.25, -0.2) is 9.78 Å². The molecule has 7 heteroatoms. The molecule has 1 N–H and O–H groups in total. The number of carbonyl (C=O) groups is 2. The molecule has 1 aromatic heterocycles. The largest absolute Gasteiger partial charge is 0.449 e. The lowest BCUT2D eigenvalue weighted by atomic mass is 10.1. The zero-order valence-corrected chi connectivity index (χ0v) is 12.9. The highest BCUT2D eigenvalue weighted by atomic mass is 35.5. The summed E-state index contributed by atoms with van der Waals surface area (Å²) in [5, 5.41) is 11.7. The SMILES string of the molecule is C[C@H](OC(=O)c1ccc(C#N)cc1)C(=O)Nc1ccc(Cl)cn1. The first kappa shape index (κ1) is 16.5. The zero-order valence-electron chi connectivity index (χ0n) is 12.1. The van der Waals surface area contributed by atoms with Gasteiger partial charge in [0.25, 0.3) is 5.91 Å². The smallest absolute Gasteiger partial charge is 0.338 e. The lowest BCUT2D eigenvalue weighted by molar-refractivity contribution is -0.123. The Bertz CT molecular complexity index is 752. The molecule has 0 bridgehead atoms. The van der Waals surface area contributed by atoms with Crippen molar-refractivity contribution in [1.29, 1.82) is 5.26 Å². The molecule has 2 rings (SSSR count). The Morgan fingerprint density at radius 1 is 1.26 bits per heavy atom. The van der Waals surface area contributed by atoms with E-state index in [-0.39, 0.29) is 5.56 Å². The minimum atomic E-state index is -1.00. The van der Waals surface area contributed by atoms with E-state index >= 15 is 0 Å². The molecule has 0 saturated carbocycles. The van der Waals surface area contributed by atoms with Crippen LogP contribution in [0.1, 0.15) is 22.8 Å². The summed E-state index contributed by atoms with van der Waals surface area (Å²) in [6.45, 7) is 1.45. The summed E-state index contributed by atoms with van der Waals surface area (Å²) < 4.78 is 5.08. The summed E-state index contributed by atoms with van der Waals surface area (Å²) in [4.78, 5) is 27.8. The zero-order chi connectivity index (χ0) is 16.8. The van der Waals surface area contributed by atoms with Crippen LogP contribution in [0.15, 0.2) is 42.6 Å². The van der Waals surface area contributed by atoms with Crippen molar-refractivity contribution in [3.63, 3.8) is 0 Å². The number of aromatic nitrogens is 1. The molecular weight excluding hydrogens is 318 g/mol. The summed E-state index contributed by atoms with van der Waals surface area (Å²) >= 11 is 5.70. The number of carbonyl (C=O) groups excluding carboxylic acids is 2. The molecule has 1 atom stereocenters. The van der Waals surface area contributed by atoms with Crippen molar-refractivity contribution in [3.8, 4) is 6.07 Å². The maximum Gasteiger partial charge on any atom is 0.338 e. The van der Waals surface area contributed by atoms with Crippen molar-refractivity contribution in [1.82, 2.24) is 4.98 Å². The molecule has 0 aliphatic heterocycles. The van der Waals surface area contributed by atoms with Crippen LogP contribution >= 0.6 is 11.6 Å². The molecule has 23 heavy (non-hydrogen) atoms. The van der Waals surface area contributed by atoms with Gasteiger partial charge in [-0.3, -0.25) is 4.79 Å². The van der Waals surface area contributed by atoms with Crippen LogP contribution in [-0.2, 0) is 9.53 Å². The number of nitrogens with one attached hydrogen (secondary N) is 1. The van der Waals surface area contributed by atoms with Crippen molar-refractivity contribution in [3.05, 3.63) is 58.7 Å². The van der Waals surface area contributed by atoms with Crippen molar-refractivity contribution < 1.29 is 14.3 Å². The van der Waals surface area contributed by atoms with Gasteiger partial charge in [0.1, 0.15) is 5.82 Å². The van der Waals surface area contributed by atoms with E-state index in [1.165, 1.54) is 43.5 Å². The highest BCUT2D eigenvalue weighted by Gasteiger charge is 2.19. The van der Waals surface area contributed by atoms with Gasteiger partial charge in [0.15, 0.2) is 6.10 Å². The maximum absolute atomic E-state index is 12.0. The second-order valence-electron chi connectivity index (χ2n) is 4.59. The molecule has 1 aromatic carbocycles. The summed E-state index contributed by atoms with van der Waals surface area (Å²) in [5.74, 6) is -0.858. The number of anilines is 1. The Labute approximate surface area is 137 Å². The number of nitriles is 1. The fourth-order valence-electron chi connectivity index (χ4n) is 1.64. The summed E-state index contributed by atoms with van der Waals surface area (Å²) in [5.41, 5.74) is 0.689. The van der Waals surface area contributed by atoms with E-state index in [9.17, 15) is 9.59 Å². The lowest BCUT2D eigenvalue weighted by Crippen LogP contribution is -2.30. The second-order valence-corrected chi connectivity index (χ2v) is 5.02. The molecule has 1 heterocycles. The molecule has 0 aliphatic rings. The number of rotatable bonds is 4. The number of ether oxygens (including phenoxy) is 1. The molecule has 0 aliphatic carbocycles. The van der Waals surface area contributed by atoms with Crippen LogP contribution in [0, 0.1) is 11.3 Å². The highest BCUT2D eigenvalue weighted by molar-refractivity contribution is 6.30. The lowest BCUT2D eigenvalue weighted by Gasteiger charge is -2.13. The fraction of sp³-hybridized carbons (Fsp3) is 0.125. The first-order chi connectivity index (χ1) is 11.0. The number of nitrogens with zero attached hydrogens (tertiary/aromatic N) is 2. The Morgan fingerprint density at radius 3 is 2.52 bits per heavy atom. The Balaban J connectivity index is 1.95. The first-order valence-electron chi connectivity index (χ1n) is 6.63. The highest BCUT2D eigenvalue weighted by Crippen LogP contribution is 2.11. The van der Waals surface area contributed by atoms with Gasteiger partial charge in [0, 0.05) is 6.20 Å². The normalized spacial score (nSPS) is 11.2. The topological polar surface area (TPSA) is 92.1 Å². The predicted molar refractivity (Wildman–Crippen MR) is 83.9 cm³/mol. The van der Waals surface area contributed by atoms with Gasteiger partial charge in [-0.15, -0.1) is 0 Å². The first-order valence-corrected chi connectivity index (χ1v) is 7.01. The van der Waals surface area contributed by atoms with Crippen LogP contribution in [0.5, 0.6) is 0 Å². The molecule has 0 fully saturated rings. The van der Waals surface area contributed by atoms with Crippen molar-refractivity contribution in [2.75, 3.05) is 5.32 Å². The van der Waals surface area contributed by atoms with Crippen LogP contribution in [0.4, 0.5) is 5.82 Å². The van der Waals surface area contributed by atoms with Crippen LogP contribution in [-0.4, -0.2) is 23.0 Å². The molecule has 0 radical (unpaired) electrons. The molecule has 116 valence electrons. The van der Waals surface area contributed by atoms with E-state index in [4.69, 9.17) is 21.6 Å². The van der Waals surface area contributed by atoms with Crippen molar-refractivity contribution >= 4 is 29.3 Å². The summed E-state index contributed by atoms with van der Waals surface area (Å²) in [6, 6.07) is 11.0. The van der Waals surface area contributed by atoms with Crippen LogP contribution in [0.3, 0.4) is 0 Å². The Kier molecular flexibility index (Phi) is 5.28. The van der Waals surface area contributed by atoms with Crippen LogP contribution in [0.25, 0.3) is 0 Å². The number of amides is 1. The van der Waals surface area contributed by atoms with Crippen LogP contribution in [0.2, 0.25) is 5.02 Å². The van der Waals surface area contributed by atoms with Gasteiger partial charge in [0.2, 0.25) is 0 Å². The minimum Gasteiger partial charge on any atom is -0.449 e. The number of hydrogen-bond donors (Lipinski definition) is 1. The summed E-state index contributed by atoms with van der Waals surface area (Å²) in [6.07, 6.45) is 0.389.